The van der Waals surface area contributed by atoms with Crippen molar-refractivity contribution in [3.05, 3.63) is 35.4 Å². The number of hydrogen-bond acceptors (Lipinski definition) is 4. The Morgan fingerprint density at radius 3 is 2.75 bits per heavy atom. The van der Waals surface area contributed by atoms with Crippen LogP contribution < -0.4 is 4.74 Å². The molecule has 1 aliphatic heterocycles. The number of aliphatic imine (C=N–C) groups is 1. The molecule has 6 heteroatoms. The molecular formula is C14H10N3O2Se. The van der Waals surface area contributed by atoms with Crippen LogP contribution in [0.4, 0.5) is 0 Å². The molecule has 5 nitrogen and oxygen atoms in total. The molecule has 1 radical (unpaired) electrons. The molecule has 20 heavy (non-hydrogen) atoms. The molecule has 0 bridgehead atoms. The molecule has 2 atom stereocenters. The number of para-hydroxylation sites is 1. The number of carbonyl (C=O) groups excluding carboxylic acids is 1. The maximum atomic E-state index is 11.9. The van der Waals surface area contributed by atoms with Crippen molar-refractivity contribution in [1.82, 2.24) is 0 Å². The fourth-order valence-electron chi connectivity index (χ4n) is 2.19. The van der Waals surface area contributed by atoms with Crippen LogP contribution in [0.25, 0.3) is 0 Å². The second-order valence-electron chi connectivity index (χ2n) is 4.12. The number of nitrogens with one attached hydrogen (secondary N) is 1. The van der Waals surface area contributed by atoms with E-state index in [-0.39, 0.29) is 0 Å². The van der Waals surface area contributed by atoms with Crippen LogP contribution in [0.3, 0.4) is 0 Å². The van der Waals surface area contributed by atoms with E-state index in [1.54, 1.807) is 24.3 Å². The molecule has 1 aromatic carbocycles. The van der Waals surface area contributed by atoms with E-state index in [2.05, 4.69) is 26.9 Å². The first-order valence-electron chi connectivity index (χ1n) is 5.76. The average Bonchev–Trinajstić information content (AvgIpc) is 2.46. The number of benzene rings is 1. The monoisotopic (exact) mass is 332 g/mol. The second kappa shape index (κ2) is 5.85. The van der Waals surface area contributed by atoms with Crippen LogP contribution in [-0.4, -0.2) is 39.5 Å². The summed E-state index contributed by atoms with van der Waals surface area (Å²) in [7, 11) is 1.52. The van der Waals surface area contributed by atoms with Gasteiger partial charge in [0.1, 0.15) is 0 Å². The van der Waals surface area contributed by atoms with Crippen molar-refractivity contribution in [3.8, 4) is 11.8 Å². The summed E-state index contributed by atoms with van der Waals surface area (Å²) in [4.78, 5) is 15.7. The summed E-state index contributed by atoms with van der Waals surface area (Å²) in [5.41, 5.74) is 1.06. The second-order valence-corrected chi connectivity index (χ2v) is 4.93. The number of carbonyl (C=O) groups is 1. The number of methoxy groups -OCH3 is 1. The van der Waals surface area contributed by atoms with Crippen LogP contribution in [-0.2, 0) is 4.79 Å². The molecule has 2 unspecified atom stereocenters. The molecule has 0 fully saturated rings. The van der Waals surface area contributed by atoms with Crippen molar-refractivity contribution in [1.29, 1.82) is 10.7 Å². The SMILES string of the molecule is COc1ccccc1C1C(=C=N)C([Se])=NC(=O)C1C#N. The Morgan fingerprint density at radius 2 is 2.15 bits per heavy atom. The van der Waals surface area contributed by atoms with E-state index in [0.717, 1.165) is 0 Å². The summed E-state index contributed by atoms with van der Waals surface area (Å²) in [6.07, 6.45) is 0. The predicted octanol–water partition coefficient (Wildman–Crippen LogP) is 1.20. The van der Waals surface area contributed by atoms with Gasteiger partial charge in [-0.25, -0.2) is 0 Å². The van der Waals surface area contributed by atoms with E-state index < -0.39 is 17.7 Å². The molecule has 1 aromatic rings. The normalized spacial score (nSPS) is 21.7. The Kier molecular flexibility index (Phi) is 4.16. The van der Waals surface area contributed by atoms with Crippen LogP contribution in [0, 0.1) is 22.7 Å². The van der Waals surface area contributed by atoms with Gasteiger partial charge in [-0.05, 0) is 0 Å². The number of ether oxygens (including phenoxy) is 1. The van der Waals surface area contributed by atoms with Gasteiger partial charge in [0.2, 0.25) is 0 Å². The quantitative estimate of drug-likeness (QED) is 0.653. The third kappa shape index (κ3) is 2.31. The zero-order chi connectivity index (χ0) is 14.7. The first-order chi connectivity index (χ1) is 9.63. The number of nitrogens with zero attached hydrogens (tertiary/aromatic N) is 2. The first-order valence-corrected chi connectivity index (χ1v) is 6.61. The van der Waals surface area contributed by atoms with E-state index in [1.807, 2.05) is 6.07 Å². The van der Waals surface area contributed by atoms with E-state index >= 15 is 0 Å². The molecular weight excluding hydrogens is 321 g/mol. The fourth-order valence-corrected chi connectivity index (χ4v) is 2.75. The number of allylic oxidation sites excluding steroid dienone is 1. The minimum absolute atomic E-state index is 0.299. The average molecular weight is 331 g/mol. The number of amides is 1. The molecule has 0 aliphatic carbocycles. The molecule has 0 spiro atoms. The van der Waals surface area contributed by atoms with Crippen molar-refractivity contribution in [2.45, 2.75) is 5.92 Å². The standard InChI is InChI=1S/C14H10N3O2Se/c1-19-11-5-3-2-4-8(11)12-9(6-15)13(18)17-14(20)10(12)7-16/h2-5,9,12,16H,1H3. The van der Waals surface area contributed by atoms with Gasteiger partial charge in [-0.3, -0.25) is 0 Å². The summed E-state index contributed by atoms with van der Waals surface area (Å²) < 4.78 is 5.58. The van der Waals surface area contributed by atoms with E-state index in [1.165, 1.54) is 7.11 Å². The van der Waals surface area contributed by atoms with Crippen LogP contribution in [0.1, 0.15) is 11.5 Å². The maximum absolute atomic E-state index is 11.9. The molecule has 1 N–H and O–H groups in total. The summed E-state index contributed by atoms with van der Waals surface area (Å²) in [5.74, 6) is 0.752. The van der Waals surface area contributed by atoms with E-state index in [4.69, 9.17) is 10.1 Å². The van der Waals surface area contributed by atoms with Gasteiger partial charge in [-0.15, -0.1) is 0 Å². The number of hydrogen-bond donors (Lipinski definition) is 1. The molecule has 2 rings (SSSR count). The fraction of sp³-hybridized carbons (Fsp3) is 0.214. The summed E-state index contributed by atoms with van der Waals surface area (Å²) in [6.45, 7) is 0. The Bertz CT molecular complexity index is 684. The number of nitriles is 1. The van der Waals surface area contributed by atoms with E-state index in [0.29, 0.717) is 21.5 Å². The molecule has 0 aromatic heterocycles. The Morgan fingerprint density at radius 1 is 1.45 bits per heavy atom. The van der Waals surface area contributed by atoms with Crippen LogP contribution in [0.2, 0.25) is 0 Å². The van der Waals surface area contributed by atoms with Gasteiger partial charge in [0.25, 0.3) is 0 Å². The summed E-state index contributed by atoms with van der Waals surface area (Å²) >= 11 is 2.65. The topological polar surface area (TPSA) is 86.3 Å². The Balaban J connectivity index is 2.68. The van der Waals surface area contributed by atoms with Crippen LogP contribution in [0.15, 0.2) is 34.8 Å². The van der Waals surface area contributed by atoms with Gasteiger partial charge >= 0.3 is 124 Å². The van der Waals surface area contributed by atoms with Crippen molar-refractivity contribution < 1.29 is 9.53 Å². The molecule has 1 aliphatic rings. The van der Waals surface area contributed by atoms with Gasteiger partial charge in [0.05, 0.1) is 0 Å². The Hall–Kier alpha value is -2.18. The van der Waals surface area contributed by atoms with Crippen molar-refractivity contribution in [3.63, 3.8) is 0 Å². The van der Waals surface area contributed by atoms with Gasteiger partial charge in [0, 0.05) is 0 Å². The van der Waals surface area contributed by atoms with Crippen molar-refractivity contribution >= 4 is 32.4 Å². The Labute approximate surface area is 124 Å². The molecule has 0 saturated heterocycles. The molecule has 99 valence electrons. The van der Waals surface area contributed by atoms with Crippen molar-refractivity contribution in [2.75, 3.05) is 7.11 Å². The third-order valence-corrected chi connectivity index (χ3v) is 3.75. The molecule has 1 amide bonds. The first kappa shape index (κ1) is 14.2. The zero-order valence-corrected chi connectivity index (χ0v) is 12.3. The molecule has 1 heterocycles. The predicted molar refractivity (Wildman–Crippen MR) is 74.3 cm³/mol. The zero-order valence-electron chi connectivity index (χ0n) is 10.6. The minimum atomic E-state index is -0.976. The van der Waals surface area contributed by atoms with Crippen LogP contribution >= 0.6 is 0 Å². The van der Waals surface area contributed by atoms with Crippen LogP contribution in [0.5, 0.6) is 5.75 Å². The summed E-state index contributed by atoms with van der Waals surface area (Å²) in [5, 5.41) is 16.7. The van der Waals surface area contributed by atoms with Gasteiger partial charge in [-0.2, -0.15) is 0 Å². The summed E-state index contributed by atoms with van der Waals surface area (Å²) in [6, 6.07) is 9.09. The van der Waals surface area contributed by atoms with Crippen molar-refractivity contribution in [2.24, 2.45) is 10.9 Å². The number of rotatable bonds is 2. The molecule has 0 saturated carbocycles. The van der Waals surface area contributed by atoms with Gasteiger partial charge < -0.3 is 0 Å². The third-order valence-electron chi connectivity index (χ3n) is 3.10. The van der Waals surface area contributed by atoms with Gasteiger partial charge in [0.15, 0.2) is 0 Å². The van der Waals surface area contributed by atoms with E-state index in [9.17, 15) is 10.1 Å². The van der Waals surface area contributed by atoms with Gasteiger partial charge in [-0.1, -0.05) is 0 Å².